The standard InChI is InChI=1S/C18H27NO2/c1-4-19(17-13-10-9-11-15(17)2)18(21)14-8-6-5-7-12-16(3)20/h9-11,13H,4-8,12,14H2,1-3H3. The van der Waals surface area contributed by atoms with Crippen molar-refractivity contribution in [2.75, 3.05) is 11.4 Å². The van der Waals surface area contributed by atoms with Crippen molar-refractivity contribution in [3.05, 3.63) is 29.8 Å². The summed E-state index contributed by atoms with van der Waals surface area (Å²) in [6.45, 7) is 6.38. The SMILES string of the molecule is CCN(C(=O)CCCCCCC(C)=O)c1ccccc1C. The number of carbonyl (C=O) groups excluding carboxylic acids is 2. The molecule has 0 radical (unpaired) electrons. The van der Waals surface area contributed by atoms with Crippen LogP contribution in [0.5, 0.6) is 0 Å². The Hall–Kier alpha value is -1.64. The highest BCUT2D eigenvalue weighted by molar-refractivity contribution is 5.93. The Bertz CT molecular complexity index is 468. The lowest BCUT2D eigenvalue weighted by Gasteiger charge is -2.23. The van der Waals surface area contributed by atoms with Gasteiger partial charge in [0.15, 0.2) is 0 Å². The largest absolute Gasteiger partial charge is 0.312 e. The monoisotopic (exact) mass is 289 g/mol. The normalized spacial score (nSPS) is 10.4. The molecule has 116 valence electrons. The van der Waals surface area contributed by atoms with E-state index in [0.717, 1.165) is 36.9 Å². The third-order valence-corrected chi connectivity index (χ3v) is 3.69. The predicted molar refractivity (Wildman–Crippen MR) is 87.6 cm³/mol. The molecule has 0 spiro atoms. The van der Waals surface area contributed by atoms with Gasteiger partial charge in [-0.05, 0) is 45.2 Å². The van der Waals surface area contributed by atoms with E-state index in [1.807, 2.05) is 43.0 Å². The molecule has 3 nitrogen and oxygen atoms in total. The maximum Gasteiger partial charge on any atom is 0.226 e. The average molecular weight is 289 g/mol. The number of nitrogens with zero attached hydrogens (tertiary/aromatic N) is 1. The van der Waals surface area contributed by atoms with Crippen LogP contribution in [0.25, 0.3) is 0 Å². The lowest BCUT2D eigenvalue weighted by molar-refractivity contribution is -0.119. The van der Waals surface area contributed by atoms with E-state index < -0.39 is 0 Å². The number of Topliss-reactive ketones (excluding diaryl/α,β-unsaturated/α-hetero) is 1. The molecule has 0 N–H and O–H groups in total. The van der Waals surface area contributed by atoms with Crippen LogP contribution in [-0.2, 0) is 9.59 Å². The van der Waals surface area contributed by atoms with E-state index >= 15 is 0 Å². The number of ketones is 1. The molecular weight excluding hydrogens is 262 g/mol. The third-order valence-electron chi connectivity index (χ3n) is 3.69. The summed E-state index contributed by atoms with van der Waals surface area (Å²) < 4.78 is 0. The molecule has 3 heteroatoms. The topological polar surface area (TPSA) is 37.4 Å². The molecule has 1 aromatic rings. The van der Waals surface area contributed by atoms with E-state index in [9.17, 15) is 9.59 Å². The highest BCUT2D eigenvalue weighted by Gasteiger charge is 2.14. The van der Waals surface area contributed by atoms with Gasteiger partial charge >= 0.3 is 0 Å². The molecule has 0 aliphatic rings. The first kappa shape index (κ1) is 17.4. The summed E-state index contributed by atoms with van der Waals surface area (Å²) in [6, 6.07) is 8.00. The van der Waals surface area contributed by atoms with E-state index in [2.05, 4.69) is 0 Å². The number of aryl methyl sites for hydroxylation is 1. The minimum atomic E-state index is 0.193. The second kappa shape index (κ2) is 9.32. The Kier molecular flexibility index (Phi) is 7.73. The van der Waals surface area contributed by atoms with Crippen molar-refractivity contribution in [1.29, 1.82) is 0 Å². The van der Waals surface area contributed by atoms with Gasteiger partial charge in [-0.25, -0.2) is 0 Å². The Labute approximate surface area is 128 Å². The minimum absolute atomic E-state index is 0.193. The highest BCUT2D eigenvalue weighted by Crippen LogP contribution is 2.20. The Balaban J connectivity index is 2.39. The summed E-state index contributed by atoms with van der Waals surface area (Å²) in [5, 5.41) is 0. The van der Waals surface area contributed by atoms with Gasteiger partial charge in [0, 0.05) is 25.1 Å². The molecule has 1 rings (SSSR count). The van der Waals surface area contributed by atoms with Gasteiger partial charge in [0.25, 0.3) is 0 Å². The summed E-state index contributed by atoms with van der Waals surface area (Å²) in [7, 11) is 0. The Morgan fingerprint density at radius 1 is 1.00 bits per heavy atom. The lowest BCUT2D eigenvalue weighted by atomic mass is 10.1. The van der Waals surface area contributed by atoms with Crippen LogP contribution in [0.1, 0.15) is 57.9 Å². The number of carbonyl (C=O) groups is 2. The lowest BCUT2D eigenvalue weighted by Crippen LogP contribution is -2.30. The second-order valence-electron chi connectivity index (χ2n) is 5.54. The van der Waals surface area contributed by atoms with Crippen molar-refractivity contribution in [3.8, 4) is 0 Å². The molecule has 0 aliphatic carbocycles. The van der Waals surface area contributed by atoms with Gasteiger partial charge in [-0.15, -0.1) is 0 Å². The maximum absolute atomic E-state index is 12.3. The molecule has 0 saturated carbocycles. The molecule has 0 atom stereocenters. The summed E-state index contributed by atoms with van der Waals surface area (Å²) in [5.74, 6) is 0.446. The highest BCUT2D eigenvalue weighted by atomic mass is 16.2. The number of para-hydroxylation sites is 1. The summed E-state index contributed by atoms with van der Waals surface area (Å²) >= 11 is 0. The zero-order valence-corrected chi connectivity index (χ0v) is 13.5. The van der Waals surface area contributed by atoms with Gasteiger partial charge in [0.2, 0.25) is 5.91 Å². The van der Waals surface area contributed by atoms with Gasteiger partial charge in [-0.1, -0.05) is 31.0 Å². The quantitative estimate of drug-likeness (QED) is 0.636. The number of hydrogen-bond donors (Lipinski definition) is 0. The van der Waals surface area contributed by atoms with Crippen LogP contribution >= 0.6 is 0 Å². The van der Waals surface area contributed by atoms with E-state index in [1.165, 1.54) is 0 Å². The van der Waals surface area contributed by atoms with Crippen LogP contribution in [0.3, 0.4) is 0 Å². The van der Waals surface area contributed by atoms with Crippen LogP contribution in [0.15, 0.2) is 24.3 Å². The molecule has 1 aromatic carbocycles. The predicted octanol–water partition coefficient (Wildman–Crippen LogP) is 4.28. The van der Waals surface area contributed by atoms with Crippen molar-refractivity contribution < 1.29 is 9.59 Å². The van der Waals surface area contributed by atoms with Gasteiger partial charge in [0.05, 0.1) is 0 Å². The molecule has 1 amide bonds. The Morgan fingerprint density at radius 3 is 2.19 bits per heavy atom. The van der Waals surface area contributed by atoms with Crippen molar-refractivity contribution >= 4 is 17.4 Å². The first-order valence-electron chi connectivity index (χ1n) is 7.91. The van der Waals surface area contributed by atoms with E-state index in [1.54, 1.807) is 6.92 Å². The first-order chi connectivity index (χ1) is 10.1. The van der Waals surface area contributed by atoms with Gasteiger partial charge in [-0.2, -0.15) is 0 Å². The summed E-state index contributed by atoms with van der Waals surface area (Å²) in [6.07, 6.45) is 5.14. The molecule has 0 heterocycles. The molecule has 0 fully saturated rings. The van der Waals surface area contributed by atoms with Crippen molar-refractivity contribution in [2.24, 2.45) is 0 Å². The fourth-order valence-corrected chi connectivity index (χ4v) is 2.49. The molecule has 21 heavy (non-hydrogen) atoms. The van der Waals surface area contributed by atoms with Crippen LogP contribution < -0.4 is 4.90 Å². The number of unbranched alkanes of at least 4 members (excludes halogenated alkanes) is 3. The van der Waals surface area contributed by atoms with Gasteiger partial charge in [0.1, 0.15) is 5.78 Å². The fraction of sp³-hybridized carbons (Fsp3) is 0.556. The van der Waals surface area contributed by atoms with Crippen LogP contribution in [0.4, 0.5) is 5.69 Å². The number of hydrogen-bond acceptors (Lipinski definition) is 2. The zero-order valence-electron chi connectivity index (χ0n) is 13.5. The number of amides is 1. The van der Waals surface area contributed by atoms with Crippen molar-refractivity contribution in [3.63, 3.8) is 0 Å². The first-order valence-corrected chi connectivity index (χ1v) is 7.91. The van der Waals surface area contributed by atoms with E-state index in [4.69, 9.17) is 0 Å². The fourth-order valence-electron chi connectivity index (χ4n) is 2.49. The second-order valence-corrected chi connectivity index (χ2v) is 5.54. The van der Waals surface area contributed by atoms with Crippen molar-refractivity contribution in [1.82, 2.24) is 0 Å². The number of anilines is 1. The molecule has 0 bridgehead atoms. The van der Waals surface area contributed by atoms with Crippen LogP contribution in [-0.4, -0.2) is 18.2 Å². The van der Waals surface area contributed by atoms with E-state index in [-0.39, 0.29) is 11.7 Å². The van der Waals surface area contributed by atoms with Gasteiger partial charge in [-0.3, -0.25) is 4.79 Å². The van der Waals surface area contributed by atoms with Crippen LogP contribution in [0, 0.1) is 6.92 Å². The molecule has 0 aromatic heterocycles. The number of benzene rings is 1. The molecular formula is C18H27NO2. The smallest absolute Gasteiger partial charge is 0.226 e. The maximum atomic E-state index is 12.3. The average Bonchev–Trinajstić information content (AvgIpc) is 2.45. The van der Waals surface area contributed by atoms with E-state index in [0.29, 0.717) is 19.4 Å². The summed E-state index contributed by atoms with van der Waals surface area (Å²) in [4.78, 5) is 25.0. The zero-order chi connectivity index (χ0) is 15.7. The third kappa shape index (κ3) is 6.11. The van der Waals surface area contributed by atoms with Gasteiger partial charge < -0.3 is 9.69 Å². The molecule has 0 saturated heterocycles. The van der Waals surface area contributed by atoms with Crippen LogP contribution in [0.2, 0.25) is 0 Å². The molecule has 0 unspecified atom stereocenters. The van der Waals surface area contributed by atoms with Crippen molar-refractivity contribution in [2.45, 2.75) is 59.3 Å². The molecule has 0 aliphatic heterocycles. The minimum Gasteiger partial charge on any atom is -0.312 e. The Morgan fingerprint density at radius 2 is 1.62 bits per heavy atom. The summed E-state index contributed by atoms with van der Waals surface area (Å²) in [5.41, 5.74) is 2.15. The number of rotatable bonds is 9.